The van der Waals surface area contributed by atoms with Crippen LogP contribution in [-0.2, 0) is 4.74 Å². The van der Waals surface area contributed by atoms with Gasteiger partial charge in [0.1, 0.15) is 17.6 Å². The van der Waals surface area contributed by atoms with Crippen molar-refractivity contribution in [3.05, 3.63) is 47.4 Å². The van der Waals surface area contributed by atoms with E-state index in [1.165, 1.54) is 31.2 Å². The van der Waals surface area contributed by atoms with Gasteiger partial charge in [0.05, 0.1) is 40.4 Å². The molecule has 0 atom stereocenters. The van der Waals surface area contributed by atoms with Crippen LogP contribution in [0.4, 0.5) is 17.2 Å². The Morgan fingerprint density at radius 2 is 1.79 bits per heavy atom. The minimum Gasteiger partial charge on any atom is -0.362 e. The lowest BCUT2D eigenvalue weighted by molar-refractivity contribution is 0.165. The molecule has 4 aromatic heterocycles. The maximum absolute atomic E-state index is 5.95. The van der Waals surface area contributed by atoms with E-state index in [9.17, 15) is 0 Å². The highest BCUT2D eigenvalue weighted by atomic mass is 32.1. The van der Waals surface area contributed by atoms with Crippen molar-refractivity contribution < 1.29 is 4.74 Å². The standard InChI is InChI=1S/C29H39N7OSSi/c1-19(2)21-12-22(16-30-15-21)33-23-13-26-25(31-17-23)14-24(27(34-26)32-18-37-10-11-39(3,4)5)29-36-35-28(38-29)20-8-6-7-9-20/h12-17,19-20,33H,6-11,18H2,1-5H3,(H,32,34). The monoisotopic (exact) mass is 561 g/mol. The molecule has 2 N–H and O–H groups in total. The van der Waals surface area contributed by atoms with Gasteiger partial charge < -0.3 is 15.4 Å². The molecule has 206 valence electrons. The van der Waals surface area contributed by atoms with Crippen molar-refractivity contribution >= 4 is 47.6 Å². The van der Waals surface area contributed by atoms with Crippen LogP contribution in [0.25, 0.3) is 21.6 Å². The molecule has 1 saturated carbocycles. The predicted octanol–water partition coefficient (Wildman–Crippen LogP) is 7.79. The Bertz CT molecular complexity index is 1410. The Labute approximate surface area is 236 Å². The molecule has 4 heterocycles. The first kappa shape index (κ1) is 27.6. The molecular weight excluding hydrogens is 523 g/mol. The van der Waals surface area contributed by atoms with E-state index in [0.717, 1.165) is 56.5 Å². The number of fused-ring (bicyclic) bond motifs is 1. The van der Waals surface area contributed by atoms with Gasteiger partial charge in [0.15, 0.2) is 5.01 Å². The molecule has 8 nitrogen and oxygen atoms in total. The summed E-state index contributed by atoms with van der Waals surface area (Å²) in [5.74, 6) is 1.68. The highest BCUT2D eigenvalue weighted by Crippen LogP contribution is 2.39. The van der Waals surface area contributed by atoms with Gasteiger partial charge in [-0.05, 0) is 48.6 Å². The Hall–Kier alpha value is -2.95. The zero-order valence-corrected chi connectivity index (χ0v) is 25.4. The summed E-state index contributed by atoms with van der Waals surface area (Å²) < 4.78 is 5.95. The quantitative estimate of drug-likeness (QED) is 0.109. The first-order valence-electron chi connectivity index (χ1n) is 13.9. The summed E-state index contributed by atoms with van der Waals surface area (Å²) in [5.41, 5.74) is 5.50. The van der Waals surface area contributed by atoms with Crippen LogP contribution in [0.5, 0.6) is 0 Å². The van der Waals surface area contributed by atoms with E-state index >= 15 is 0 Å². The number of nitrogens with zero attached hydrogens (tertiary/aromatic N) is 5. The molecule has 0 radical (unpaired) electrons. The third-order valence-electron chi connectivity index (χ3n) is 7.09. The van der Waals surface area contributed by atoms with Gasteiger partial charge in [0.25, 0.3) is 0 Å². The van der Waals surface area contributed by atoms with E-state index in [-0.39, 0.29) is 0 Å². The van der Waals surface area contributed by atoms with Crippen molar-refractivity contribution in [3.8, 4) is 10.6 Å². The molecule has 5 rings (SSSR count). The minimum absolute atomic E-state index is 0.392. The van der Waals surface area contributed by atoms with Crippen molar-refractivity contribution in [1.29, 1.82) is 0 Å². The third-order valence-corrected chi connectivity index (χ3v) is 9.92. The molecule has 0 spiro atoms. The topological polar surface area (TPSA) is 97.7 Å². The first-order chi connectivity index (χ1) is 18.7. The van der Waals surface area contributed by atoms with Crippen LogP contribution in [0.2, 0.25) is 25.7 Å². The van der Waals surface area contributed by atoms with E-state index < -0.39 is 8.07 Å². The second-order valence-electron chi connectivity index (χ2n) is 11.9. The maximum Gasteiger partial charge on any atom is 0.151 e. The van der Waals surface area contributed by atoms with Gasteiger partial charge in [-0.25, -0.2) is 4.98 Å². The Kier molecular flexibility index (Phi) is 8.54. The highest BCUT2D eigenvalue weighted by Gasteiger charge is 2.23. The van der Waals surface area contributed by atoms with Gasteiger partial charge in [-0.2, -0.15) is 0 Å². The normalized spacial score (nSPS) is 14.4. The van der Waals surface area contributed by atoms with Gasteiger partial charge in [0.2, 0.25) is 0 Å². The summed E-state index contributed by atoms with van der Waals surface area (Å²) in [5, 5.41) is 18.0. The molecule has 0 unspecified atom stereocenters. The molecule has 0 amide bonds. The fourth-order valence-electron chi connectivity index (χ4n) is 4.68. The second-order valence-corrected chi connectivity index (χ2v) is 18.5. The SMILES string of the molecule is CC(C)c1cncc(Nc2cnc3cc(-c4nnc(C5CCCC5)s4)c(NCOCC[Si](C)(C)C)nc3c2)c1. The van der Waals surface area contributed by atoms with Crippen LogP contribution in [0.1, 0.15) is 61.9 Å². The molecule has 1 aliphatic rings. The molecule has 0 aliphatic heterocycles. The fourth-order valence-corrected chi connectivity index (χ4v) is 6.46. The number of hydrogen-bond acceptors (Lipinski definition) is 9. The molecule has 0 saturated heterocycles. The minimum atomic E-state index is -1.15. The van der Waals surface area contributed by atoms with E-state index in [0.29, 0.717) is 18.6 Å². The lowest BCUT2D eigenvalue weighted by Gasteiger charge is -2.16. The highest BCUT2D eigenvalue weighted by molar-refractivity contribution is 7.14. The van der Waals surface area contributed by atoms with Crippen LogP contribution in [0.3, 0.4) is 0 Å². The second kappa shape index (κ2) is 12.1. The Morgan fingerprint density at radius 1 is 1.00 bits per heavy atom. The zero-order chi connectivity index (χ0) is 27.4. The van der Waals surface area contributed by atoms with Gasteiger partial charge >= 0.3 is 0 Å². The molecule has 0 aromatic carbocycles. The first-order valence-corrected chi connectivity index (χ1v) is 18.5. The van der Waals surface area contributed by atoms with Gasteiger partial charge in [-0.15, -0.1) is 10.2 Å². The average molecular weight is 562 g/mol. The molecule has 1 fully saturated rings. The number of nitrogens with one attached hydrogen (secondary N) is 2. The van der Waals surface area contributed by atoms with E-state index in [2.05, 4.69) is 71.4 Å². The number of anilines is 3. The maximum atomic E-state index is 5.95. The predicted molar refractivity (Wildman–Crippen MR) is 164 cm³/mol. The smallest absolute Gasteiger partial charge is 0.151 e. The van der Waals surface area contributed by atoms with Gasteiger partial charge in [-0.1, -0.05) is 57.7 Å². The van der Waals surface area contributed by atoms with Crippen molar-refractivity contribution in [2.75, 3.05) is 24.0 Å². The molecule has 4 aromatic rings. The van der Waals surface area contributed by atoms with Crippen molar-refractivity contribution in [1.82, 2.24) is 25.1 Å². The molecule has 10 heteroatoms. The summed E-state index contributed by atoms with van der Waals surface area (Å²) in [6.07, 6.45) is 10.5. The fraction of sp³-hybridized carbons (Fsp3) is 0.483. The molecule has 1 aliphatic carbocycles. The molecular formula is C29H39N7OSSi. The van der Waals surface area contributed by atoms with E-state index in [1.54, 1.807) is 11.3 Å². The van der Waals surface area contributed by atoms with Crippen LogP contribution < -0.4 is 10.6 Å². The van der Waals surface area contributed by atoms with Crippen molar-refractivity contribution in [2.45, 2.75) is 77.1 Å². The lowest BCUT2D eigenvalue weighted by Crippen LogP contribution is -2.22. The number of aromatic nitrogens is 5. The summed E-state index contributed by atoms with van der Waals surface area (Å²) in [4.78, 5) is 14.1. The lowest BCUT2D eigenvalue weighted by atomic mass is 10.1. The van der Waals surface area contributed by atoms with Crippen LogP contribution >= 0.6 is 11.3 Å². The molecule has 0 bridgehead atoms. The summed E-state index contributed by atoms with van der Waals surface area (Å²) >= 11 is 1.68. The number of ether oxygens (including phenoxy) is 1. The van der Waals surface area contributed by atoms with E-state index in [1.807, 2.05) is 24.7 Å². The molecule has 39 heavy (non-hydrogen) atoms. The number of pyridine rings is 3. The summed E-state index contributed by atoms with van der Waals surface area (Å²) in [6.45, 7) is 12.5. The van der Waals surface area contributed by atoms with Gasteiger partial charge in [0, 0.05) is 26.8 Å². The zero-order valence-electron chi connectivity index (χ0n) is 23.6. The number of rotatable bonds is 11. The third kappa shape index (κ3) is 7.17. The Morgan fingerprint density at radius 3 is 2.56 bits per heavy atom. The summed E-state index contributed by atoms with van der Waals surface area (Å²) in [7, 11) is -1.15. The largest absolute Gasteiger partial charge is 0.362 e. The Balaban J connectivity index is 1.42. The van der Waals surface area contributed by atoms with Crippen LogP contribution in [0, 0.1) is 0 Å². The van der Waals surface area contributed by atoms with E-state index in [4.69, 9.17) is 14.7 Å². The van der Waals surface area contributed by atoms with Crippen LogP contribution in [-0.4, -0.2) is 46.6 Å². The average Bonchev–Trinajstić information content (AvgIpc) is 3.60. The van der Waals surface area contributed by atoms with Crippen molar-refractivity contribution in [2.24, 2.45) is 0 Å². The number of hydrogen-bond donors (Lipinski definition) is 2. The summed E-state index contributed by atoms with van der Waals surface area (Å²) in [6, 6.07) is 7.34. The van der Waals surface area contributed by atoms with Crippen molar-refractivity contribution in [3.63, 3.8) is 0 Å². The van der Waals surface area contributed by atoms with Gasteiger partial charge in [-0.3, -0.25) is 9.97 Å². The van der Waals surface area contributed by atoms with Crippen LogP contribution in [0.15, 0.2) is 36.8 Å².